The molecule has 8 amide bonds. The summed E-state index contributed by atoms with van der Waals surface area (Å²) in [6, 6.07) is 18.4. The molecule has 0 aliphatic rings. The molecular weight excluding hydrogens is 1380 g/mol. The number of nitrogens with zero attached hydrogens (tertiary/aromatic N) is 4. The van der Waals surface area contributed by atoms with Gasteiger partial charge in [0, 0.05) is 38.3 Å². The Morgan fingerprint density at radius 3 is 0.660 bits per heavy atom. The molecule has 106 heavy (non-hydrogen) atoms. The molecule has 0 atom stereocenters. The largest absolute Gasteiger partial charge is 0.493 e. The maximum absolute atomic E-state index is 12.8. The molecule has 32 heteroatoms. The molecule has 8 N–H and O–H groups in total. The van der Waals surface area contributed by atoms with Gasteiger partial charge in [-0.2, -0.15) is 0 Å². The van der Waals surface area contributed by atoms with Crippen LogP contribution in [0.4, 0.5) is 38.4 Å². The van der Waals surface area contributed by atoms with Gasteiger partial charge in [0.1, 0.15) is 67.8 Å². The molecule has 0 bridgehead atoms. The SMILES string of the molecule is CC(C)(C)OC(=O)/N=C(/NCCCOc1cc(OCCCN/C(=N\C(=O)OC(C)(C)C)NC(=O)OC(C)(C)C)cc(-c2cccc(-c3cc(OCCCN/C(=N\C(=O)OC(C)(C)C)NC(=O)OC(C)(C)C)cc(OCCCN/C(=N\C(=O)OC(C)(C)C)NC(=O)OC(C)(C)C)c3)c2)c1)NC(=O)OC(C)(C)C. The summed E-state index contributed by atoms with van der Waals surface area (Å²) in [5.74, 6) is 0.830. The molecule has 0 saturated heterocycles. The lowest BCUT2D eigenvalue weighted by molar-refractivity contribution is 0.0542. The van der Waals surface area contributed by atoms with Gasteiger partial charge in [-0.05, 0) is 244 Å². The maximum Gasteiger partial charge on any atom is 0.437 e. The lowest BCUT2D eigenvalue weighted by Crippen LogP contribution is -2.44. The van der Waals surface area contributed by atoms with Crippen molar-refractivity contribution in [2.75, 3.05) is 52.6 Å². The van der Waals surface area contributed by atoms with Crippen molar-refractivity contribution in [3.63, 3.8) is 0 Å². The van der Waals surface area contributed by atoms with Crippen molar-refractivity contribution in [3.05, 3.63) is 60.7 Å². The number of hydrogen-bond donors (Lipinski definition) is 8. The fourth-order valence-electron chi connectivity index (χ4n) is 8.12. The number of rotatable bonds is 22. The van der Waals surface area contributed by atoms with Crippen molar-refractivity contribution in [1.82, 2.24) is 42.5 Å². The zero-order chi connectivity index (χ0) is 80.1. The van der Waals surface area contributed by atoms with Crippen molar-refractivity contribution in [2.45, 2.75) is 237 Å². The standard InChI is InChI=1S/C74H114N12O20/c1-67(2,3)99-59(87)79-55(80-60(88)100-68(4,5)6)75-32-26-36-95-51-41-49(42-52(45-51)96-37-27-33-76-56(81-61(89)101-69(7,8)9)82-62(90)102-70(10,11)12)47-30-25-31-48(40-47)50-43-53(97-38-28-34-77-57(83-63(91)103-71(13,14)15)84-64(92)104-72(16,17)18)46-54(44-50)98-39-29-35-78-58(85-65(93)105-73(19,20)21)86-66(94)106-74(22,23)24/h25,30-31,40-46H,26-29,32-39H2,1-24H3,(H2,75,79,80,87,88)(H2,76,81,82,89,90)(H2,77,83,84,91,92)(H2,78,85,86,93,94). The van der Waals surface area contributed by atoms with E-state index in [4.69, 9.17) is 56.8 Å². The highest BCUT2D eigenvalue weighted by atomic mass is 16.6. The van der Waals surface area contributed by atoms with Crippen molar-refractivity contribution < 1.29 is 95.2 Å². The van der Waals surface area contributed by atoms with Crippen LogP contribution >= 0.6 is 0 Å². The fraction of sp³-hybridized carbons (Fsp3) is 0.595. The average Bonchev–Trinajstić information content (AvgIpc) is 0.815. The van der Waals surface area contributed by atoms with E-state index in [1.807, 2.05) is 48.5 Å². The molecule has 0 heterocycles. The van der Waals surface area contributed by atoms with Crippen LogP contribution in [0.15, 0.2) is 80.6 Å². The molecule has 0 fully saturated rings. The molecule has 3 aromatic rings. The van der Waals surface area contributed by atoms with Crippen molar-refractivity contribution in [1.29, 1.82) is 0 Å². The molecule has 0 aromatic heterocycles. The van der Waals surface area contributed by atoms with E-state index < -0.39 is 93.6 Å². The first-order chi connectivity index (χ1) is 48.7. The second-order valence-electron chi connectivity index (χ2n) is 31.8. The van der Waals surface area contributed by atoms with E-state index in [-0.39, 0.29) is 76.4 Å². The number of nitrogens with one attached hydrogen (secondary N) is 8. The Labute approximate surface area is 623 Å². The molecule has 0 aliphatic heterocycles. The van der Waals surface area contributed by atoms with Gasteiger partial charge in [-0.15, -0.1) is 20.0 Å². The van der Waals surface area contributed by atoms with Gasteiger partial charge in [0.05, 0.1) is 26.4 Å². The van der Waals surface area contributed by atoms with E-state index in [1.165, 1.54) is 0 Å². The maximum atomic E-state index is 12.8. The first-order valence-electron chi connectivity index (χ1n) is 34.9. The third-order valence-corrected chi connectivity index (χ3v) is 11.7. The van der Waals surface area contributed by atoms with Crippen molar-refractivity contribution in [3.8, 4) is 45.3 Å². The number of hydrogen-bond acceptors (Lipinski definition) is 20. The molecule has 0 unspecified atom stereocenters. The molecule has 0 radical (unpaired) electrons. The average molecular weight is 1490 g/mol. The van der Waals surface area contributed by atoms with Gasteiger partial charge in [0.15, 0.2) is 0 Å². The molecule has 3 aromatic carbocycles. The lowest BCUT2D eigenvalue weighted by atomic mass is 9.98. The minimum Gasteiger partial charge on any atom is -0.493 e. The summed E-state index contributed by atoms with van der Waals surface area (Å²) in [5.41, 5.74) is -4.08. The highest BCUT2D eigenvalue weighted by Crippen LogP contribution is 2.36. The minimum atomic E-state index is -0.942. The van der Waals surface area contributed by atoms with E-state index in [9.17, 15) is 38.4 Å². The molecule has 0 aliphatic carbocycles. The van der Waals surface area contributed by atoms with Gasteiger partial charge in [0.25, 0.3) is 0 Å². The Morgan fingerprint density at radius 1 is 0.274 bits per heavy atom. The first kappa shape index (κ1) is 89.9. The zero-order valence-corrected chi connectivity index (χ0v) is 66.2. The normalized spacial score (nSPS) is 12.8. The molecule has 0 saturated carbocycles. The van der Waals surface area contributed by atoms with Crippen LogP contribution in [0.1, 0.15) is 192 Å². The Hall–Kier alpha value is -10.3. The van der Waals surface area contributed by atoms with E-state index in [0.29, 0.717) is 59.8 Å². The topological polar surface area (TPSA) is 393 Å². The van der Waals surface area contributed by atoms with Gasteiger partial charge in [-0.3, -0.25) is 21.3 Å². The van der Waals surface area contributed by atoms with Crippen molar-refractivity contribution in [2.24, 2.45) is 20.0 Å². The summed E-state index contributed by atoms with van der Waals surface area (Å²) in [6.07, 6.45) is -5.85. The summed E-state index contributed by atoms with van der Waals surface area (Å²) in [7, 11) is 0. The summed E-state index contributed by atoms with van der Waals surface area (Å²) < 4.78 is 68.5. The van der Waals surface area contributed by atoms with Crippen LogP contribution in [0.5, 0.6) is 23.0 Å². The fourth-order valence-corrected chi connectivity index (χ4v) is 8.12. The van der Waals surface area contributed by atoms with Gasteiger partial charge in [0.2, 0.25) is 23.8 Å². The van der Waals surface area contributed by atoms with Crippen LogP contribution in [-0.2, 0) is 37.9 Å². The van der Waals surface area contributed by atoms with E-state index >= 15 is 0 Å². The monoisotopic (exact) mass is 1490 g/mol. The van der Waals surface area contributed by atoms with Crippen LogP contribution in [0.3, 0.4) is 0 Å². The predicted octanol–water partition coefficient (Wildman–Crippen LogP) is 13.7. The number of alkyl carbamates (subject to hydrolysis) is 4. The molecule has 3 rings (SSSR count). The highest BCUT2D eigenvalue weighted by molar-refractivity contribution is 6.01. The number of ether oxygens (including phenoxy) is 12. The van der Waals surface area contributed by atoms with Crippen LogP contribution in [0, 0.1) is 0 Å². The Bertz CT molecular complexity index is 3150. The third-order valence-electron chi connectivity index (χ3n) is 11.7. The lowest BCUT2D eigenvalue weighted by Gasteiger charge is -2.21. The van der Waals surface area contributed by atoms with Gasteiger partial charge in [-0.1, -0.05) is 18.2 Å². The van der Waals surface area contributed by atoms with E-state index in [2.05, 4.69) is 62.5 Å². The third kappa shape index (κ3) is 43.7. The Balaban J connectivity index is 2.10. The number of benzene rings is 3. The number of carbonyl (C=O) groups excluding carboxylic acids is 8. The number of amides is 8. The summed E-state index contributed by atoms with van der Waals surface area (Å²) in [4.78, 5) is 118. The number of carbonyl (C=O) groups is 8. The predicted molar refractivity (Wildman–Crippen MR) is 402 cm³/mol. The van der Waals surface area contributed by atoms with Crippen LogP contribution in [0.25, 0.3) is 22.3 Å². The zero-order valence-electron chi connectivity index (χ0n) is 66.2. The van der Waals surface area contributed by atoms with Crippen molar-refractivity contribution >= 4 is 72.6 Å². The molecule has 590 valence electrons. The van der Waals surface area contributed by atoms with Gasteiger partial charge < -0.3 is 78.1 Å². The summed E-state index contributed by atoms with van der Waals surface area (Å²) >= 11 is 0. The second-order valence-corrected chi connectivity index (χ2v) is 31.8. The molecular formula is C74H114N12O20. The quantitative estimate of drug-likeness (QED) is 0.0200. The molecule has 32 nitrogen and oxygen atoms in total. The summed E-state index contributed by atoms with van der Waals surface area (Å²) in [6.45, 7) is 41.6. The summed E-state index contributed by atoms with van der Waals surface area (Å²) in [5, 5.41) is 21.8. The van der Waals surface area contributed by atoms with Crippen LogP contribution in [0.2, 0.25) is 0 Å². The Kier molecular flexibility index (Phi) is 34.2. The number of aliphatic imine (C=N–C) groups is 4. The van der Waals surface area contributed by atoms with Crippen LogP contribution < -0.4 is 61.5 Å². The first-order valence-corrected chi connectivity index (χ1v) is 34.9. The van der Waals surface area contributed by atoms with Gasteiger partial charge >= 0.3 is 48.7 Å². The van der Waals surface area contributed by atoms with E-state index in [1.54, 1.807) is 178 Å². The number of guanidine groups is 4. The van der Waals surface area contributed by atoms with Crippen LogP contribution in [-0.4, -0.2) is 170 Å². The second kappa shape index (κ2) is 40.3. The minimum absolute atomic E-state index is 0.117. The van der Waals surface area contributed by atoms with E-state index in [0.717, 1.165) is 11.1 Å². The highest BCUT2D eigenvalue weighted by Gasteiger charge is 2.26. The smallest absolute Gasteiger partial charge is 0.437 e. The Morgan fingerprint density at radius 2 is 0.472 bits per heavy atom. The molecule has 0 spiro atoms. The van der Waals surface area contributed by atoms with Gasteiger partial charge in [-0.25, -0.2) is 38.4 Å².